The molecule has 2 fully saturated rings. The first kappa shape index (κ1) is 22.3. The summed E-state index contributed by atoms with van der Waals surface area (Å²) < 4.78 is 10.4. The molecule has 4 aromatic rings. The Kier molecular flexibility index (Phi) is 5.25. The van der Waals surface area contributed by atoms with E-state index in [0.717, 1.165) is 25.1 Å². The van der Waals surface area contributed by atoms with Crippen LogP contribution < -0.4 is 21.5 Å². The second-order valence-corrected chi connectivity index (χ2v) is 9.26. The molecular weight excluding hydrogens is 462 g/mol. The topological polar surface area (TPSA) is 132 Å². The van der Waals surface area contributed by atoms with Crippen LogP contribution in [0.1, 0.15) is 29.0 Å². The van der Waals surface area contributed by atoms with Gasteiger partial charge in [-0.15, -0.1) is 5.10 Å². The Morgan fingerprint density at radius 2 is 2.08 bits per heavy atom. The molecule has 2 aliphatic rings. The first-order valence-electron chi connectivity index (χ1n) is 11.9. The molecule has 3 atom stereocenters. The third-order valence-electron chi connectivity index (χ3n) is 7.06. The number of aryl methyl sites for hydroxylation is 2. The minimum atomic E-state index is -0.275. The SMILES string of the molecule is CNc1cc(Nc2cccn(-c3cc(C)n(C)n3)c2=O)nn2c(C(=O)N[C@@H]3C[C@H]4CCO[C@H]43)cnc12. The van der Waals surface area contributed by atoms with E-state index in [2.05, 4.69) is 31.1 Å². The maximum absolute atomic E-state index is 13.2. The van der Waals surface area contributed by atoms with Crippen LogP contribution in [0.5, 0.6) is 0 Å². The van der Waals surface area contributed by atoms with Gasteiger partial charge in [-0.3, -0.25) is 18.8 Å². The molecular formula is C24H27N9O3. The number of hydrogen-bond acceptors (Lipinski definition) is 8. The van der Waals surface area contributed by atoms with E-state index in [1.807, 2.05) is 20.0 Å². The zero-order valence-electron chi connectivity index (χ0n) is 20.2. The van der Waals surface area contributed by atoms with Gasteiger partial charge in [0.25, 0.3) is 11.5 Å². The van der Waals surface area contributed by atoms with Gasteiger partial charge in [-0.2, -0.15) is 5.10 Å². The first-order valence-corrected chi connectivity index (χ1v) is 11.9. The van der Waals surface area contributed by atoms with Crippen LogP contribution in [0.25, 0.3) is 11.5 Å². The van der Waals surface area contributed by atoms with Gasteiger partial charge in [0.15, 0.2) is 23.0 Å². The van der Waals surface area contributed by atoms with Gasteiger partial charge in [0.05, 0.1) is 24.0 Å². The Bertz CT molecular complexity index is 1520. The van der Waals surface area contributed by atoms with Gasteiger partial charge in [-0.05, 0) is 37.8 Å². The van der Waals surface area contributed by atoms with E-state index in [-0.39, 0.29) is 23.6 Å². The third kappa shape index (κ3) is 3.61. The zero-order valence-corrected chi connectivity index (χ0v) is 20.2. The van der Waals surface area contributed by atoms with E-state index >= 15 is 0 Å². The van der Waals surface area contributed by atoms with Gasteiger partial charge in [0, 0.05) is 44.7 Å². The molecule has 5 heterocycles. The molecule has 0 bridgehead atoms. The molecule has 186 valence electrons. The fourth-order valence-electron chi connectivity index (χ4n) is 4.94. The number of rotatable bonds is 6. The van der Waals surface area contributed by atoms with Crippen LogP contribution in [0, 0.1) is 12.8 Å². The summed E-state index contributed by atoms with van der Waals surface area (Å²) in [5, 5.41) is 18.2. The van der Waals surface area contributed by atoms with Crippen LogP contribution >= 0.6 is 0 Å². The van der Waals surface area contributed by atoms with Gasteiger partial charge >= 0.3 is 0 Å². The predicted molar refractivity (Wildman–Crippen MR) is 133 cm³/mol. The summed E-state index contributed by atoms with van der Waals surface area (Å²) in [4.78, 5) is 30.7. The number of amides is 1. The summed E-state index contributed by atoms with van der Waals surface area (Å²) in [5.41, 5.74) is 2.45. The number of nitrogens with one attached hydrogen (secondary N) is 3. The van der Waals surface area contributed by atoms with Gasteiger partial charge in [-0.25, -0.2) is 9.50 Å². The van der Waals surface area contributed by atoms with Crippen LogP contribution in [-0.2, 0) is 11.8 Å². The van der Waals surface area contributed by atoms with Crippen LogP contribution in [-0.4, -0.2) is 60.7 Å². The normalized spacial score (nSPS) is 20.7. The van der Waals surface area contributed by atoms with Crippen molar-refractivity contribution in [3.63, 3.8) is 0 Å². The average molecular weight is 490 g/mol. The van der Waals surface area contributed by atoms with Crippen molar-refractivity contribution in [1.82, 2.24) is 34.3 Å². The molecule has 0 radical (unpaired) electrons. The van der Waals surface area contributed by atoms with E-state index in [1.54, 1.807) is 36.1 Å². The lowest BCUT2D eigenvalue weighted by atomic mass is 9.77. The number of imidazole rings is 1. The standard InChI is InChI=1S/C24H27N9O3/c1-13-9-20(30-31(13)3)32-7-4-5-15(24(32)35)27-19-11-17(25-2)22-26-12-18(33(22)29-19)23(34)28-16-10-14-6-8-36-21(14)16/h4-5,7,9,11-12,14,16,21,25H,6,8,10H2,1-3H3,(H,27,29)(H,28,34)/t14-,16-,21-/m1/s1. The second-order valence-electron chi connectivity index (χ2n) is 9.26. The summed E-state index contributed by atoms with van der Waals surface area (Å²) in [6, 6.07) is 7.02. The largest absolute Gasteiger partial charge is 0.385 e. The van der Waals surface area contributed by atoms with Crippen molar-refractivity contribution in [2.75, 3.05) is 24.3 Å². The molecule has 6 rings (SSSR count). The lowest BCUT2D eigenvalue weighted by Crippen LogP contribution is -2.54. The van der Waals surface area contributed by atoms with Crippen LogP contribution in [0.4, 0.5) is 17.2 Å². The molecule has 4 aromatic heterocycles. The Balaban J connectivity index is 1.31. The quantitative estimate of drug-likeness (QED) is 0.372. The zero-order chi connectivity index (χ0) is 25.0. The number of carbonyl (C=O) groups excluding carboxylic acids is 1. The van der Waals surface area contributed by atoms with E-state index in [9.17, 15) is 9.59 Å². The molecule has 1 aliphatic heterocycles. The van der Waals surface area contributed by atoms with Crippen molar-refractivity contribution in [1.29, 1.82) is 0 Å². The Morgan fingerprint density at radius 1 is 1.22 bits per heavy atom. The highest BCUT2D eigenvalue weighted by atomic mass is 16.5. The first-order chi connectivity index (χ1) is 17.4. The Labute approximate surface area is 206 Å². The monoisotopic (exact) mass is 489 g/mol. The summed E-state index contributed by atoms with van der Waals surface area (Å²) in [6.07, 6.45) is 5.24. The molecule has 12 heteroatoms. The molecule has 12 nitrogen and oxygen atoms in total. The van der Waals surface area contributed by atoms with Gasteiger partial charge in [-0.1, -0.05) is 0 Å². The summed E-state index contributed by atoms with van der Waals surface area (Å²) in [5.74, 6) is 1.18. The number of carbonyl (C=O) groups is 1. The number of nitrogens with zero attached hydrogens (tertiary/aromatic N) is 6. The van der Waals surface area contributed by atoms with Gasteiger partial charge in [0.1, 0.15) is 5.69 Å². The Hall–Kier alpha value is -4.19. The molecule has 0 aromatic carbocycles. The number of hydrogen-bond donors (Lipinski definition) is 3. The van der Waals surface area contributed by atoms with E-state index in [4.69, 9.17) is 4.74 Å². The molecule has 1 aliphatic carbocycles. The Morgan fingerprint density at radius 3 is 2.83 bits per heavy atom. The maximum atomic E-state index is 13.2. The number of fused-ring (bicyclic) bond motifs is 2. The molecule has 1 saturated heterocycles. The maximum Gasteiger partial charge on any atom is 0.280 e. The van der Waals surface area contributed by atoms with Crippen LogP contribution in [0.2, 0.25) is 0 Å². The lowest BCUT2D eigenvalue weighted by molar-refractivity contribution is -0.000686. The third-order valence-corrected chi connectivity index (χ3v) is 7.06. The number of aromatic nitrogens is 6. The van der Waals surface area contributed by atoms with Crippen molar-refractivity contribution >= 4 is 28.7 Å². The fourth-order valence-corrected chi connectivity index (χ4v) is 4.94. The highest BCUT2D eigenvalue weighted by Gasteiger charge is 2.46. The van der Waals surface area contributed by atoms with Crippen molar-refractivity contribution in [3.8, 4) is 5.82 Å². The molecule has 3 N–H and O–H groups in total. The summed E-state index contributed by atoms with van der Waals surface area (Å²) in [7, 11) is 3.59. The van der Waals surface area contributed by atoms with Crippen LogP contribution in [0.3, 0.4) is 0 Å². The van der Waals surface area contributed by atoms with Crippen molar-refractivity contribution in [2.45, 2.75) is 31.9 Å². The number of ether oxygens (including phenoxy) is 1. The lowest BCUT2D eigenvalue weighted by Gasteiger charge is -2.39. The molecule has 0 unspecified atom stereocenters. The average Bonchev–Trinajstić information content (AvgIpc) is 3.55. The van der Waals surface area contributed by atoms with E-state index < -0.39 is 0 Å². The molecule has 0 spiro atoms. The van der Waals surface area contributed by atoms with Gasteiger partial charge < -0.3 is 20.7 Å². The highest BCUT2D eigenvalue weighted by molar-refractivity contribution is 5.94. The number of anilines is 3. The van der Waals surface area contributed by atoms with Crippen molar-refractivity contribution in [2.24, 2.45) is 13.0 Å². The molecule has 1 saturated carbocycles. The second kappa shape index (κ2) is 8.48. The van der Waals surface area contributed by atoms with E-state index in [1.165, 1.54) is 15.3 Å². The fraction of sp³-hybridized carbons (Fsp3) is 0.375. The number of pyridine rings is 1. The smallest absolute Gasteiger partial charge is 0.280 e. The minimum absolute atomic E-state index is 0.00125. The van der Waals surface area contributed by atoms with E-state index in [0.29, 0.717) is 40.3 Å². The minimum Gasteiger partial charge on any atom is -0.385 e. The van der Waals surface area contributed by atoms with Crippen molar-refractivity contribution < 1.29 is 9.53 Å². The highest BCUT2D eigenvalue weighted by Crippen LogP contribution is 2.38. The summed E-state index contributed by atoms with van der Waals surface area (Å²) in [6.45, 7) is 2.67. The predicted octanol–water partition coefficient (Wildman–Crippen LogP) is 1.61. The summed E-state index contributed by atoms with van der Waals surface area (Å²) >= 11 is 0. The molecule has 1 amide bonds. The van der Waals surface area contributed by atoms with Gasteiger partial charge in [0.2, 0.25) is 0 Å². The molecule has 36 heavy (non-hydrogen) atoms. The van der Waals surface area contributed by atoms with Crippen LogP contribution in [0.15, 0.2) is 41.5 Å². The van der Waals surface area contributed by atoms with Crippen molar-refractivity contribution in [3.05, 3.63) is 58.4 Å².